The van der Waals surface area contributed by atoms with Crippen LogP contribution in [0.3, 0.4) is 0 Å². The first-order chi connectivity index (χ1) is 7.05. The minimum atomic E-state index is 0.278. The Morgan fingerprint density at radius 2 is 2.13 bits per heavy atom. The van der Waals surface area contributed by atoms with Crippen molar-refractivity contribution in [3.8, 4) is 0 Å². The number of nitrogens with one attached hydrogen (secondary N) is 1. The maximum absolute atomic E-state index is 5.94. The lowest BCUT2D eigenvalue weighted by Crippen LogP contribution is -2.55. The number of hydrogen-bond donors (Lipinski definition) is 1. The zero-order chi connectivity index (χ0) is 10.9. The van der Waals surface area contributed by atoms with Gasteiger partial charge in [0, 0.05) is 18.2 Å². The number of ether oxygens (including phenoxy) is 1. The molecule has 0 amide bonds. The zero-order valence-corrected chi connectivity index (χ0v) is 10.4. The van der Waals surface area contributed by atoms with Gasteiger partial charge in [-0.15, -0.1) is 0 Å². The SMILES string of the molecule is CCC(C)(C)NC1CCOC2(CCC2)C1. The van der Waals surface area contributed by atoms with Gasteiger partial charge >= 0.3 is 0 Å². The summed E-state index contributed by atoms with van der Waals surface area (Å²) in [5.74, 6) is 0. The Morgan fingerprint density at radius 3 is 2.67 bits per heavy atom. The molecule has 1 aliphatic carbocycles. The monoisotopic (exact) mass is 211 g/mol. The summed E-state index contributed by atoms with van der Waals surface area (Å²) in [5, 5.41) is 3.79. The molecule has 0 radical (unpaired) electrons. The van der Waals surface area contributed by atoms with Gasteiger partial charge in [-0.25, -0.2) is 0 Å². The van der Waals surface area contributed by atoms with Crippen molar-refractivity contribution in [1.82, 2.24) is 5.32 Å². The lowest BCUT2D eigenvalue weighted by atomic mass is 9.73. The Labute approximate surface area is 93.8 Å². The van der Waals surface area contributed by atoms with Crippen LogP contribution in [-0.2, 0) is 4.74 Å². The number of rotatable bonds is 3. The van der Waals surface area contributed by atoms with E-state index in [0.29, 0.717) is 6.04 Å². The Hall–Kier alpha value is -0.0800. The van der Waals surface area contributed by atoms with Crippen molar-refractivity contribution in [3.05, 3.63) is 0 Å². The van der Waals surface area contributed by atoms with Crippen LogP contribution in [0.1, 0.15) is 59.3 Å². The van der Waals surface area contributed by atoms with Crippen LogP contribution in [0.5, 0.6) is 0 Å². The smallest absolute Gasteiger partial charge is 0.0697 e. The standard InChI is InChI=1S/C13H25NO/c1-4-12(2,3)14-11-6-9-15-13(10-11)7-5-8-13/h11,14H,4-10H2,1-3H3. The van der Waals surface area contributed by atoms with Crippen LogP contribution in [-0.4, -0.2) is 23.8 Å². The van der Waals surface area contributed by atoms with Gasteiger partial charge in [0.1, 0.15) is 0 Å². The van der Waals surface area contributed by atoms with Crippen LogP contribution < -0.4 is 5.32 Å². The molecule has 1 unspecified atom stereocenters. The maximum atomic E-state index is 5.94. The molecule has 2 aliphatic rings. The third kappa shape index (κ3) is 2.54. The van der Waals surface area contributed by atoms with Gasteiger partial charge in [0.25, 0.3) is 0 Å². The van der Waals surface area contributed by atoms with E-state index < -0.39 is 0 Å². The van der Waals surface area contributed by atoms with Crippen molar-refractivity contribution in [2.24, 2.45) is 0 Å². The van der Waals surface area contributed by atoms with Gasteiger partial charge in [-0.1, -0.05) is 6.92 Å². The van der Waals surface area contributed by atoms with Crippen molar-refractivity contribution >= 4 is 0 Å². The van der Waals surface area contributed by atoms with Crippen LogP contribution in [0.2, 0.25) is 0 Å². The van der Waals surface area contributed by atoms with E-state index in [1.807, 2.05) is 0 Å². The fraction of sp³-hybridized carbons (Fsp3) is 1.00. The fourth-order valence-electron chi connectivity index (χ4n) is 2.73. The molecule has 1 saturated carbocycles. The molecule has 0 bridgehead atoms. The van der Waals surface area contributed by atoms with Gasteiger partial charge in [-0.05, 0) is 52.4 Å². The van der Waals surface area contributed by atoms with Crippen molar-refractivity contribution in [2.75, 3.05) is 6.61 Å². The van der Waals surface area contributed by atoms with Gasteiger partial charge < -0.3 is 10.1 Å². The largest absolute Gasteiger partial charge is 0.375 e. The summed E-state index contributed by atoms with van der Waals surface area (Å²) in [4.78, 5) is 0. The summed E-state index contributed by atoms with van der Waals surface area (Å²) in [6, 6.07) is 0.675. The second-order valence-electron chi connectivity index (χ2n) is 5.96. The molecular weight excluding hydrogens is 186 g/mol. The molecule has 1 spiro atoms. The summed E-state index contributed by atoms with van der Waals surface area (Å²) in [6.45, 7) is 7.81. The normalized spacial score (nSPS) is 30.2. The molecule has 1 atom stereocenters. The highest BCUT2D eigenvalue weighted by Gasteiger charge is 2.43. The van der Waals surface area contributed by atoms with Gasteiger partial charge in [-0.2, -0.15) is 0 Å². The Morgan fingerprint density at radius 1 is 1.40 bits per heavy atom. The average Bonchev–Trinajstić information content (AvgIpc) is 2.15. The molecule has 0 aromatic carbocycles. The lowest BCUT2D eigenvalue weighted by molar-refractivity contribution is -0.137. The highest BCUT2D eigenvalue weighted by molar-refractivity contribution is 4.97. The first-order valence-corrected chi connectivity index (χ1v) is 6.47. The Bertz CT molecular complexity index is 219. The average molecular weight is 211 g/mol. The van der Waals surface area contributed by atoms with E-state index in [-0.39, 0.29) is 11.1 Å². The molecule has 2 nitrogen and oxygen atoms in total. The summed E-state index contributed by atoms with van der Waals surface area (Å²) in [7, 11) is 0. The molecule has 88 valence electrons. The molecule has 0 aromatic heterocycles. The molecule has 15 heavy (non-hydrogen) atoms. The summed E-state index contributed by atoms with van der Waals surface area (Å²) in [6.07, 6.45) is 7.55. The Balaban J connectivity index is 1.87. The summed E-state index contributed by atoms with van der Waals surface area (Å²) in [5.41, 5.74) is 0.562. The third-order valence-corrected chi connectivity index (χ3v) is 4.24. The lowest BCUT2D eigenvalue weighted by Gasteiger charge is -2.48. The third-order valence-electron chi connectivity index (χ3n) is 4.24. The van der Waals surface area contributed by atoms with E-state index in [0.717, 1.165) is 6.61 Å². The predicted octanol–water partition coefficient (Wildman–Crippen LogP) is 2.87. The Kier molecular flexibility index (Phi) is 3.09. The summed E-state index contributed by atoms with van der Waals surface area (Å²) >= 11 is 0. The second-order valence-corrected chi connectivity index (χ2v) is 5.96. The number of hydrogen-bond acceptors (Lipinski definition) is 2. The topological polar surface area (TPSA) is 21.3 Å². The van der Waals surface area contributed by atoms with Crippen molar-refractivity contribution in [2.45, 2.75) is 76.5 Å². The first-order valence-electron chi connectivity index (χ1n) is 6.47. The van der Waals surface area contributed by atoms with Crippen molar-refractivity contribution < 1.29 is 4.74 Å². The van der Waals surface area contributed by atoms with E-state index in [2.05, 4.69) is 26.1 Å². The van der Waals surface area contributed by atoms with Crippen molar-refractivity contribution in [3.63, 3.8) is 0 Å². The molecule has 2 rings (SSSR count). The minimum Gasteiger partial charge on any atom is -0.375 e. The fourth-order valence-corrected chi connectivity index (χ4v) is 2.73. The van der Waals surface area contributed by atoms with E-state index in [4.69, 9.17) is 4.74 Å². The minimum absolute atomic E-state index is 0.278. The highest BCUT2D eigenvalue weighted by Crippen LogP contribution is 2.42. The molecule has 1 saturated heterocycles. The molecular formula is C13H25NO. The van der Waals surface area contributed by atoms with Gasteiger partial charge in [0.05, 0.1) is 5.60 Å². The van der Waals surface area contributed by atoms with E-state index >= 15 is 0 Å². The van der Waals surface area contributed by atoms with E-state index in [1.165, 1.54) is 38.5 Å². The molecule has 1 aliphatic heterocycles. The molecule has 2 heteroatoms. The van der Waals surface area contributed by atoms with Gasteiger partial charge in [0.15, 0.2) is 0 Å². The maximum Gasteiger partial charge on any atom is 0.0697 e. The van der Waals surface area contributed by atoms with Crippen LogP contribution >= 0.6 is 0 Å². The quantitative estimate of drug-likeness (QED) is 0.775. The first kappa shape index (κ1) is 11.4. The van der Waals surface area contributed by atoms with E-state index in [9.17, 15) is 0 Å². The molecule has 1 N–H and O–H groups in total. The van der Waals surface area contributed by atoms with Crippen LogP contribution in [0.4, 0.5) is 0 Å². The van der Waals surface area contributed by atoms with Gasteiger partial charge in [-0.3, -0.25) is 0 Å². The van der Waals surface area contributed by atoms with Crippen LogP contribution in [0.15, 0.2) is 0 Å². The van der Waals surface area contributed by atoms with E-state index in [1.54, 1.807) is 0 Å². The molecule has 1 heterocycles. The van der Waals surface area contributed by atoms with Crippen LogP contribution in [0.25, 0.3) is 0 Å². The predicted molar refractivity (Wildman–Crippen MR) is 63.1 cm³/mol. The van der Waals surface area contributed by atoms with Gasteiger partial charge in [0.2, 0.25) is 0 Å². The summed E-state index contributed by atoms with van der Waals surface area (Å²) < 4.78 is 5.94. The van der Waals surface area contributed by atoms with Crippen molar-refractivity contribution in [1.29, 1.82) is 0 Å². The zero-order valence-electron chi connectivity index (χ0n) is 10.4. The second kappa shape index (κ2) is 4.06. The van der Waals surface area contributed by atoms with Crippen LogP contribution in [0, 0.1) is 0 Å². The molecule has 0 aromatic rings. The molecule has 2 fully saturated rings. The highest BCUT2D eigenvalue weighted by atomic mass is 16.5.